The lowest BCUT2D eigenvalue weighted by Gasteiger charge is -2.14. The molecular formula is C23H15BrN2O. The number of benzene rings is 3. The summed E-state index contributed by atoms with van der Waals surface area (Å²) < 4.78 is 6.81. The van der Waals surface area contributed by atoms with Crippen LogP contribution in [0.2, 0.25) is 0 Å². The highest BCUT2D eigenvalue weighted by Gasteiger charge is 2.14. The fourth-order valence-electron chi connectivity index (χ4n) is 3.21. The molecular weight excluding hydrogens is 400 g/mol. The first kappa shape index (κ1) is 17.3. The van der Waals surface area contributed by atoms with Gasteiger partial charge in [-0.15, -0.1) is 0 Å². The van der Waals surface area contributed by atoms with Crippen molar-refractivity contribution < 1.29 is 4.74 Å². The SMILES string of the molecule is COc1c(-c2ccc(Br)cc2)cnc2c(-c3ccc(C#N)cc3)cccc12. The van der Waals surface area contributed by atoms with E-state index in [1.807, 2.05) is 72.9 Å². The molecule has 0 aliphatic carbocycles. The summed E-state index contributed by atoms with van der Waals surface area (Å²) in [7, 11) is 1.69. The third-order valence-electron chi connectivity index (χ3n) is 4.53. The van der Waals surface area contributed by atoms with Crippen LogP contribution < -0.4 is 4.74 Å². The summed E-state index contributed by atoms with van der Waals surface area (Å²) >= 11 is 3.47. The number of aromatic nitrogens is 1. The van der Waals surface area contributed by atoms with Crippen LogP contribution in [-0.2, 0) is 0 Å². The average molecular weight is 415 g/mol. The minimum atomic E-state index is 0.641. The van der Waals surface area contributed by atoms with E-state index in [9.17, 15) is 0 Å². The van der Waals surface area contributed by atoms with Crippen molar-refractivity contribution in [2.45, 2.75) is 0 Å². The highest BCUT2D eigenvalue weighted by Crippen LogP contribution is 2.39. The Morgan fingerprint density at radius 1 is 0.889 bits per heavy atom. The molecule has 0 spiro atoms. The molecule has 1 heterocycles. The van der Waals surface area contributed by atoms with Gasteiger partial charge in [-0.25, -0.2) is 0 Å². The maximum absolute atomic E-state index is 9.01. The molecule has 4 heteroatoms. The minimum absolute atomic E-state index is 0.641. The number of fused-ring (bicyclic) bond motifs is 1. The second-order valence-electron chi connectivity index (χ2n) is 6.10. The zero-order valence-electron chi connectivity index (χ0n) is 14.6. The summed E-state index contributed by atoms with van der Waals surface area (Å²) in [5.41, 5.74) is 5.55. The molecule has 0 aliphatic rings. The van der Waals surface area contributed by atoms with E-state index in [0.717, 1.165) is 43.4 Å². The maximum atomic E-state index is 9.01. The van der Waals surface area contributed by atoms with Gasteiger partial charge in [0.2, 0.25) is 0 Å². The molecule has 0 N–H and O–H groups in total. The molecule has 0 saturated carbocycles. The Morgan fingerprint density at radius 3 is 2.22 bits per heavy atom. The number of pyridine rings is 1. The van der Waals surface area contributed by atoms with Gasteiger partial charge >= 0.3 is 0 Å². The molecule has 27 heavy (non-hydrogen) atoms. The number of para-hydroxylation sites is 1. The normalized spacial score (nSPS) is 10.6. The molecule has 4 aromatic rings. The predicted molar refractivity (Wildman–Crippen MR) is 112 cm³/mol. The predicted octanol–water partition coefficient (Wildman–Crippen LogP) is 6.21. The molecule has 0 fully saturated rings. The fraction of sp³-hybridized carbons (Fsp3) is 0.0435. The summed E-state index contributed by atoms with van der Waals surface area (Å²) in [6.07, 6.45) is 1.86. The molecule has 0 bridgehead atoms. The molecule has 4 rings (SSSR count). The Kier molecular flexibility index (Phi) is 4.62. The van der Waals surface area contributed by atoms with Gasteiger partial charge in [0.05, 0.1) is 24.3 Å². The quantitative estimate of drug-likeness (QED) is 0.400. The molecule has 0 atom stereocenters. The Balaban J connectivity index is 1.92. The van der Waals surface area contributed by atoms with Crippen molar-refractivity contribution in [2.75, 3.05) is 7.11 Å². The van der Waals surface area contributed by atoms with Crippen molar-refractivity contribution in [1.82, 2.24) is 4.98 Å². The van der Waals surface area contributed by atoms with Gasteiger partial charge in [-0.1, -0.05) is 52.3 Å². The van der Waals surface area contributed by atoms with Gasteiger partial charge in [0.15, 0.2) is 0 Å². The lowest BCUT2D eigenvalue weighted by molar-refractivity contribution is 0.421. The number of nitriles is 1. The average Bonchev–Trinajstić information content (AvgIpc) is 2.73. The van der Waals surface area contributed by atoms with E-state index >= 15 is 0 Å². The lowest BCUT2D eigenvalue weighted by Crippen LogP contribution is -1.94. The van der Waals surface area contributed by atoms with E-state index in [4.69, 9.17) is 15.0 Å². The lowest BCUT2D eigenvalue weighted by atomic mass is 9.98. The summed E-state index contributed by atoms with van der Waals surface area (Å²) in [5.74, 6) is 0.804. The van der Waals surface area contributed by atoms with Gasteiger partial charge < -0.3 is 4.74 Å². The molecule has 0 aliphatic heterocycles. The number of halogens is 1. The third kappa shape index (κ3) is 3.18. The van der Waals surface area contributed by atoms with E-state index in [0.29, 0.717) is 5.56 Å². The molecule has 1 aromatic heterocycles. The highest BCUT2D eigenvalue weighted by atomic mass is 79.9. The number of nitrogens with zero attached hydrogens (tertiary/aromatic N) is 2. The zero-order valence-corrected chi connectivity index (χ0v) is 16.2. The summed E-state index contributed by atoms with van der Waals surface area (Å²) in [6, 6.07) is 23.9. The maximum Gasteiger partial charge on any atom is 0.137 e. The first-order valence-corrected chi connectivity index (χ1v) is 9.23. The third-order valence-corrected chi connectivity index (χ3v) is 5.06. The van der Waals surface area contributed by atoms with Crippen LogP contribution in [-0.4, -0.2) is 12.1 Å². The number of hydrogen-bond donors (Lipinski definition) is 0. The molecule has 0 saturated heterocycles. The van der Waals surface area contributed by atoms with Crippen LogP contribution in [0.5, 0.6) is 5.75 Å². The van der Waals surface area contributed by atoms with Crippen LogP contribution in [0, 0.1) is 11.3 Å². The first-order chi connectivity index (χ1) is 13.2. The van der Waals surface area contributed by atoms with E-state index in [1.165, 1.54) is 0 Å². The van der Waals surface area contributed by atoms with Gasteiger partial charge in [0, 0.05) is 27.2 Å². The van der Waals surface area contributed by atoms with Crippen LogP contribution in [0.25, 0.3) is 33.2 Å². The Hall–Kier alpha value is -3.16. The number of rotatable bonds is 3. The van der Waals surface area contributed by atoms with Gasteiger partial charge in [-0.3, -0.25) is 4.98 Å². The second-order valence-corrected chi connectivity index (χ2v) is 7.02. The molecule has 0 unspecified atom stereocenters. The van der Waals surface area contributed by atoms with E-state index < -0.39 is 0 Å². The molecule has 0 radical (unpaired) electrons. The topological polar surface area (TPSA) is 45.9 Å². The van der Waals surface area contributed by atoms with Crippen molar-refractivity contribution in [1.29, 1.82) is 5.26 Å². The summed E-state index contributed by atoms with van der Waals surface area (Å²) in [4.78, 5) is 4.75. The van der Waals surface area contributed by atoms with Gasteiger partial charge in [-0.2, -0.15) is 5.26 Å². The highest BCUT2D eigenvalue weighted by molar-refractivity contribution is 9.10. The van der Waals surface area contributed by atoms with Crippen molar-refractivity contribution in [3.63, 3.8) is 0 Å². The van der Waals surface area contributed by atoms with Crippen molar-refractivity contribution >= 4 is 26.8 Å². The van der Waals surface area contributed by atoms with E-state index in [-0.39, 0.29) is 0 Å². The van der Waals surface area contributed by atoms with Crippen LogP contribution in [0.4, 0.5) is 0 Å². The minimum Gasteiger partial charge on any atom is -0.495 e. The number of hydrogen-bond acceptors (Lipinski definition) is 3. The molecule has 3 nitrogen and oxygen atoms in total. The van der Waals surface area contributed by atoms with Crippen molar-refractivity contribution in [3.05, 3.63) is 83.0 Å². The molecule has 0 amide bonds. The largest absolute Gasteiger partial charge is 0.495 e. The monoisotopic (exact) mass is 414 g/mol. The zero-order chi connectivity index (χ0) is 18.8. The van der Waals surface area contributed by atoms with E-state index in [1.54, 1.807) is 7.11 Å². The molecule has 3 aromatic carbocycles. The van der Waals surface area contributed by atoms with Gasteiger partial charge in [0.25, 0.3) is 0 Å². The van der Waals surface area contributed by atoms with E-state index in [2.05, 4.69) is 22.0 Å². The van der Waals surface area contributed by atoms with Crippen LogP contribution >= 0.6 is 15.9 Å². The van der Waals surface area contributed by atoms with Crippen LogP contribution in [0.15, 0.2) is 77.4 Å². The Bertz CT molecular complexity index is 1160. The Morgan fingerprint density at radius 2 is 1.56 bits per heavy atom. The van der Waals surface area contributed by atoms with Gasteiger partial charge in [-0.05, 0) is 41.5 Å². The molecule has 130 valence electrons. The van der Waals surface area contributed by atoms with Crippen molar-refractivity contribution in [2.24, 2.45) is 0 Å². The second kappa shape index (κ2) is 7.22. The van der Waals surface area contributed by atoms with Crippen molar-refractivity contribution in [3.8, 4) is 34.1 Å². The van der Waals surface area contributed by atoms with Crippen LogP contribution in [0.1, 0.15) is 5.56 Å². The smallest absolute Gasteiger partial charge is 0.137 e. The van der Waals surface area contributed by atoms with Crippen LogP contribution in [0.3, 0.4) is 0 Å². The number of methoxy groups -OCH3 is 1. The standard InChI is InChI=1S/C23H15BrN2O/c1-27-23-20-4-2-3-19(16-7-5-15(13-25)6-8-16)22(20)26-14-21(23)17-9-11-18(24)12-10-17/h2-12,14H,1H3. The van der Waals surface area contributed by atoms with Gasteiger partial charge in [0.1, 0.15) is 5.75 Å². The Labute approximate surface area is 166 Å². The fourth-order valence-corrected chi connectivity index (χ4v) is 3.48. The summed E-state index contributed by atoms with van der Waals surface area (Å²) in [6.45, 7) is 0. The number of ether oxygens (including phenoxy) is 1. The first-order valence-electron chi connectivity index (χ1n) is 8.43. The summed E-state index contributed by atoms with van der Waals surface area (Å²) in [5, 5.41) is 9.97.